The molecule has 3 aromatic carbocycles. The largest absolute Gasteiger partial charge is 0.497 e. The smallest absolute Gasteiger partial charge is 0.258 e. The summed E-state index contributed by atoms with van der Waals surface area (Å²) in [5, 5.41) is 8.48. The molecule has 1 aliphatic rings. The Morgan fingerprint density at radius 2 is 1.67 bits per heavy atom. The number of hydrogen-bond acceptors (Lipinski definition) is 5. The Morgan fingerprint density at radius 3 is 2.33 bits per heavy atom. The molecule has 1 aromatic heterocycles. The van der Waals surface area contributed by atoms with E-state index in [2.05, 4.69) is 53.5 Å². The molecule has 1 unspecified atom stereocenters. The first-order chi connectivity index (χ1) is 17.6. The molecule has 0 radical (unpaired) electrons. The maximum Gasteiger partial charge on any atom is 0.258 e. The van der Waals surface area contributed by atoms with Crippen molar-refractivity contribution in [2.45, 2.75) is 32.9 Å². The summed E-state index contributed by atoms with van der Waals surface area (Å²) in [6.45, 7) is 4.80. The molecule has 0 saturated heterocycles. The zero-order chi connectivity index (χ0) is 25.1. The van der Waals surface area contributed by atoms with Crippen LogP contribution in [0.3, 0.4) is 0 Å². The summed E-state index contributed by atoms with van der Waals surface area (Å²) in [7, 11) is 1.67. The number of aromatic nitrogens is 2. The van der Waals surface area contributed by atoms with Gasteiger partial charge in [-0.2, -0.15) is 4.98 Å². The Morgan fingerprint density at radius 1 is 0.972 bits per heavy atom. The number of nitrogens with one attached hydrogen (secondary N) is 1. The van der Waals surface area contributed by atoms with Crippen LogP contribution in [0.1, 0.15) is 42.5 Å². The highest BCUT2D eigenvalue weighted by Gasteiger charge is 2.34. The number of aryl methyl sites for hydroxylation is 1. The van der Waals surface area contributed by atoms with E-state index in [1.165, 1.54) is 5.56 Å². The van der Waals surface area contributed by atoms with Crippen LogP contribution in [0.4, 0.5) is 0 Å². The van der Waals surface area contributed by atoms with E-state index in [0.717, 1.165) is 40.1 Å². The SMILES string of the molecule is CCc1ccc(-c2noc(C3=C(C)N(Cc4ccc(OC)cc4)C(=S)NC3c3ccccc3)n2)cc1. The molecule has 36 heavy (non-hydrogen) atoms. The number of benzene rings is 3. The molecule has 1 atom stereocenters. The number of thiocarbonyl (C=S) groups is 1. The van der Waals surface area contributed by atoms with E-state index in [1.54, 1.807) is 7.11 Å². The van der Waals surface area contributed by atoms with Crippen LogP contribution in [0, 0.1) is 0 Å². The van der Waals surface area contributed by atoms with Crippen molar-refractivity contribution >= 4 is 22.9 Å². The Labute approximate surface area is 216 Å². The van der Waals surface area contributed by atoms with Crippen molar-refractivity contribution in [2.24, 2.45) is 0 Å². The minimum Gasteiger partial charge on any atom is -0.497 e. The number of ether oxygens (including phenoxy) is 1. The van der Waals surface area contributed by atoms with Crippen LogP contribution >= 0.6 is 12.2 Å². The van der Waals surface area contributed by atoms with Crippen LogP contribution in [0.25, 0.3) is 17.0 Å². The fourth-order valence-electron chi connectivity index (χ4n) is 4.40. The molecule has 182 valence electrons. The molecule has 6 nitrogen and oxygen atoms in total. The van der Waals surface area contributed by atoms with Crippen molar-refractivity contribution < 1.29 is 9.26 Å². The Hall–Kier alpha value is -3.97. The first-order valence-corrected chi connectivity index (χ1v) is 12.4. The summed E-state index contributed by atoms with van der Waals surface area (Å²) >= 11 is 5.83. The predicted molar refractivity (Wildman–Crippen MR) is 145 cm³/mol. The second-order valence-electron chi connectivity index (χ2n) is 8.70. The summed E-state index contributed by atoms with van der Waals surface area (Å²) < 4.78 is 11.2. The van der Waals surface area contributed by atoms with Crippen molar-refractivity contribution in [1.82, 2.24) is 20.4 Å². The molecule has 0 saturated carbocycles. The minimum absolute atomic E-state index is 0.207. The third-order valence-electron chi connectivity index (χ3n) is 6.51. The quantitative estimate of drug-likeness (QED) is 0.307. The van der Waals surface area contributed by atoms with Crippen LogP contribution in [0.15, 0.2) is 89.1 Å². The molecule has 1 aliphatic heterocycles. The van der Waals surface area contributed by atoms with Crippen LogP contribution < -0.4 is 10.1 Å². The summed E-state index contributed by atoms with van der Waals surface area (Å²) in [4.78, 5) is 6.89. The predicted octanol–water partition coefficient (Wildman–Crippen LogP) is 6.17. The normalized spacial score (nSPS) is 15.7. The van der Waals surface area contributed by atoms with Gasteiger partial charge < -0.3 is 19.5 Å². The van der Waals surface area contributed by atoms with E-state index in [0.29, 0.717) is 23.4 Å². The van der Waals surface area contributed by atoms with Gasteiger partial charge in [0.25, 0.3) is 5.89 Å². The average molecular weight is 497 g/mol. The van der Waals surface area contributed by atoms with E-state index < -0.39 is 0 Å². The van der Waals surface area contributed by atoms with Gasteiger partial charge in [0.05, 0.1) is 18.7 Å². The fraction of sp³-hybridized carbons (Fsp3) is 0.207. The van der Waals surface area contributed by atoms with E-state index in [-0.39, 0.29) is 6.04 Å². The second-order valence-corrected chi connectivity index (χ2v) is 9.09. The van der Waals surface area contributed by atoms with E-state index in [9.17, 15) is 0 Å². The molecular formula is C29H28N4O2S. The fourth-order valence-corrected chi connectivity index (χ4v) is 4.72. The monoisotopic (exact) mass is 496 g/mol. The molecule has 4 aromatic rings. The molecule has 2 heterocycles. The van der Waals surface area contributed by atoms with Crippen molar-refractivity contribution in [3.05, 3.63) is 107 Å². The first-order valence-electron chi connectivity index (χ1n) is 12.0. The minimum atomic E-state index is -0.207. The highest BCUT2D eigenvalue weighted by molar-refractivity contribution is 7.80. The number of methoxy groups -OCH3 is 1. The highest BCUT2D eigenvalue weighted by Crippen LogP contribution is 2.38. The maximum absolute atomic E-state index is 5.86. The van der Waals surface area contributed by atoms with Crippen molar-refractivity contribution in [3.8, 4) is 17.1 Å². The van der Waals surface area contributed by atoms with E-state index in [4.69, 9.17) is 26.5 Å². The molecule has 0 aliphatic carbocycles. The van der Waals surface area contributed by atoms with Gasteiger partial charge >= 0.3 is 0 Å². The summed E-state index contributed by atoms with van der Waals surface area (Å²) in [6, 6.07) is 26.2. The van der Waals surface area contributed by atoms with E-state index >= 15 is 0 Å². The summed E-state index contributed by atoms with van der Waals surface area (Å²) in [6.07, 6.45) is 0.984. The second kappa shape index (κ2) is 10.3. The van der Waals surface area contributed by atoms with Crippen molar-refractivity contribution in [2.75, 3.05) is 7.11 Å². The lowest BCUT2D eigenvalue weighted by Crippen LogP contribution is -2.45. The van der Waals surface area contributed by atoms with Crippen molar-refractivity contribution in [1.29, 1.82) is 0 Å². The van der Waals surface area contributed by atoms with Gasteiger partial charge in [0.15, 0.2) is 5.11 Å². The molecule has 0 bridgehead atoms. The Kier molecular flexibility index (Phi) is 6.82. The van der Waals surface area contributed by atoms with Crippen LogP contribution in [-0.4, -0.2) is 27.3 Å². The standard InChI is InChI=1S/C29H28N4O2S/c1-4-20-10-14-23(15-11-20)27-31-28(35-32-27)25-19(2)33(18-21-12-16-24(34-3)17-13-21)29(36)30-26(25)22-8-6-5-7-9-22/h5-17,26H,4,18H2,1-3H3,(H,30,36). The molecule has 0 fully saturated rings. The topological polar surface area (TPSA) is 63.4 Å². The average Bonchev–Trinajstić information content (AvgIpc) is 3.41. The van der Waals surface area contributed by atoms with Crippen LogP contribution in [0.5, 0.6) is 5.75 Å². The zero-order valence-electron chi connectivity index (χ0n) is 20.6. The van der Waals surface area contributed by atoms with Gasteiger partial charge in [0.2, 0.25) is 5.82 Å². The highest BCUT2D eigenvalue weighted by atomic mass is 32.1. The van der Waals surface area contributed by atoms with Gasteiger partial charge in [-0.25, -0.2) is 0 Å². The molecule has 1 N–H and O–H groups in total. The van der Waals surface area contributed by atoms with Gasteiger partial charge in [-0.15, -0.1) is 0 Å². The molecule has 7 heteroatoms. The molecule has 5 rings (SSSR count). The number of nitrogens with zero attached hydrogens (tertiary/aromatic N) is 3. The summed E-state index contributed by atoms with van der Waals surface area (Å²) in [5.41, 5.74) is 6.26. The lowest BCUT2D eigenvalue weighted by molar-refractivity contribution is 0.396. The number of hydrogen-bond donors (Lipinski definition) is 1. The van der Waals surface area contributed by atoms with Gasteiger partial charge in [0, 0.05) is 17.8 Å². The zero-order valence-corrected chi connectivity index (χ0v) is 21.4. The van der Waals surface area contributed by atoms with Crippen LogP contribution in [0.2, 0.25) is 0 Å². The van der Waals surface area contributed by atoms with E-state index in [1.807, 2.05) is 54.6 Å². The lowest BCUT2D eigenvalue weighted by atomic mass is 9.94. The van der Waals surface area contributed by atoms with Crippen LogP contribution in [-0.2, 0) is 13.0 Å². The number of rotatable bonds is 7. The van der Waals surface area contributed by atoms with Gasteiger partial charge in [-0.1, -0.05) is 78.8 Å². The number of allylic oxidation sites excluding steroid dienone is 1. The molecule has 0 amide bonds. The van der Waals surface area contributed by atoms with Crippen molar-refractivity contribution in [3.63, 3.8) is 0 Å². The van der Waals surface area contributed by atoms with Gasteiger partial charge in [-0.05, 0) is 54.4 Å². The third kappa shape index (κ3) is 4.75. The maximum atomic E-state index is 5.86. The van der Waals surface area contributed by atoms with Gasteiger partial charge in [0.1, 0.15) is 5.75 Å². The molecule has 0 spiro atoms. The summed E-state index contributed by atoms with van der Waals surface area (Å²) in [5.74, 6) is 1.86. The third-order valence-corrected chi connectivity index (χ3v) is 6.84. The molecular weight excluding hydrogens is 468 g/mol. The lowest BCUT2D eigenvalue weighted by Gasteiger charge is -2.37. The Balaban J connectivity index is 1.55. The Bertz CT molecular complexity index is 1380. The van der Waals surface area contributed by atoms with Gasteiger partial charge in [-0.3, -0.25) is 0 Å². The first kappa shape index (κ1) is 23.8.